The van der Waals surface area contributed by atoms with Crippen LogP contribution in [0.4, 0.5) is 0 Å². The Hall–Kier alpha value is -1.35. The maximum atomic E-state index is 12.3. The highest BCUT2D eigenvalue weighted by molar-refractivity contribution is 7.89. The molecule has 0 bridgehead atoms. The molecule has 0 spiro atoms. The van der Waals surface area contributed by atoms with Crippen molar-refractivity contribution in [2.45, 2.75) is 44.0 Å². The standard InChI is InChI=1S/C15H21NO3S/c1-4-10-15(2,3)16-20(18,19)14-9-5-7-13(12-14)8-6-11-17/h5,7,9,12,16-17H,4,10-11H2,1-3H3. The molecule has 1 aromatic rings. The quantitative estimate of drug-likeness (QED) is 0.815. The van der Waals surface area contributed by atoms with E-state index in [9.17, 15) is 8.42 Å². The Bertz CT molecular complexity index is 609. The molecule has 0 amide bonds. The molecule has 0 aliphatic carbocycles. The summed E-state index contributed by atoms with van der Waals surface area (Å²) in [4.78, 5) is 0.186. The lowest BCUT2D eigenvalue weighted by atomic mass is 10.0. The van der Waals surface area contributed by atoms with Crippen LogP contribution in [0.5, 0.6) is 0 Å². The van der Waals surface area contributed by atoms with Gasteiger partial charge < -0.3 is 5.11 Å². The molecule has 0 unspecified atom stereocenters. The van der Waals surface area contributed by atoms with Crippen LogP contribution in [0.25, 0.3) is 0 Å². The van der Waals surface area contributed by atoms with Gasteiger partial charge in [-0.25, -0.2) is 13.1 Å². The number of rotatable bonds is 5. The molecule has 1 rings (SSSR count). The lowest BCUT2D eigenvalue weighted by Crippen LogP contribution is -2.43. The van der Waals surface area contributed by atoms with Crippen molar-refractivity contribution in [1.29, 1.82) is 0 Å². The van der Waals surface area contributed by atoms with Crippen LogP contribution in [0.1, 0.15) is 39.2 Å². The molecule has 0 saturated carbocycles. The average Bonchev–Trinajstić information content (AvgIpc) is 2.35. The van der Waals surface area contributed by atoms with E-state index < -0.39 is 15.6 Å². The van der Waals surface area contributed by atoms with E-state index in [4.69, 9.17) is 5.11 Å². The summed E-state index contributed by atoms with van der Waals surface area (Å²) < 4.78 is 27.4. The molecule has 0 fully saturated rings. The first-order chi connectivity index (χ1) is 9.30. The highest BCUT2D eigenvalue weighted by atomic mass is 32.2. The summed E-state index contributed by atoms with van der Waals surface area (Å²) in [6, 6.07) is 6.39. The molecular formula is C15H21NO3S. The molecule has 0 atom stereocenters. The van der Waals surface area contributed by atoms with Gasteiger partial charge in [-0.15, -0.1) is 0 Å². The highest BCUT2D eigenvalue weighted by Crippen LogP contribution is 2.17. The molecule has 4 nitrogen and oxygen atoms in total. The lowest BCUT2D eigenvalue weighted by Gasteiger charge is -2.25. The van der Waals surface area contributed by atoms with Crippen molar-refractivity contribution in [3.63, 3.8) is 0 Å². The smallest absolute Gasteiger partial charge is 0.241 e. The van der Waals surface area contributed by atoms with Crippen molar-refractivity contribution < 1.29 is 13.5 Å². The summed E-state index contributed by atoms with van der Waals surface area (Å²) in [5.74, 6) is 5.20. The monoisotopic (exact) mass is 295 g/mol. The van der Waals surface area contributed by atoms with Crippen molar-refractivity contribution in [3.8, 4) is 11.8 Å². The van der Waals surface area contributed by atoms with Gasteiger partial charge in [-0.05, 0) is 38.5 Å². The van der Waals surface area contributed by atoms with Gasteiger partial charge in [-0.1, -0.05) is 31.3 Å². The fourth-order valence-corrected chi connectivity index (χ4v) is 3.47. The first kappa shape index (κ1) is 16.7. The minimum absolute atomic E-state index is 0.186. The van der Waals surface area contributed by atoms with Gasteiger partial charge in [0.05, 0.1) is 4.90 Å². The normalized spacial score (nSPS) is 11.8. The van der Waals surface area contributed by atoms with Gasteiger partial charge in [0.1, 0.15) is 6.61 Å². The maximum Gasteiger partial charge on any atom is 0.241 e. The van der Waals surface area contributed by atoms with E-state index in [0.29, 0.717) is 5.56 Å². The zero-order chi connectivity index (χ0) is 15.2. The Morgan fingerprint density at radius 3 is 2.65 bits per heavy atom. The summed E-state index contributed by atoms with van der Waals surface area (Å²) >= 11 is 0. The molecule has 110 valence electrons. The topological polar surface area (TPSA) is 66.4 Å². The molecular weight excluding hydrogens is 274 g/mol. The summed E-state index contributed by atoms with van der Waals surface area (Å²) in [5, 5.41) is 8.66. The van der Waals surface area contributed by atoms with E-state index in [1.165, 1.54) is 12.1 Å². The maximum absolute atomic E-state index is 12.3. The van der Waals surface area contributed by atoms with Crippen LogP contribution in [-0.4, -0.2) is 25.7 Å². The molecule has 0 aliphatic rings. The zero-order valence-electron chi connectivity index (χ0n) is 12.1. The second-order valence-electron chi connectivity index (χ2n) is 5.23. The van der Waals surface area contributed by atoms with Crippen LogP contribution in [0.15, 0.2) is 29.2 Å². The van der Waals surface area contributed by atoms with Crippen molar-refractivity contribution in [1.82, 2.24) is 4.72 Å². The summed E-state index contributed by atoms with van der Waals surface area (Å²) in [7, 11) is -3.57. The van der Waals surface area contributed by atoms with Crippen LogP contribution < -0.4 is 4.72 Å². The predicted molar refractivity (Wildman–Crippen MR) is 79.7 cm³/mol. The molecule has 20 heavy (non-hydrogen) atoms. The summed E-state index contributed by atoms with van der Waals surface area (Å²) in [6.45, 7) is 5.49. The summed E-state index contributed by atoms with van der Waals surface area (Å²) in [5.41, 5.74) is 0.0793. The Labute approximate surface area is 121 Å². The molecule has 2 N–H and O–H groups in total. The predicted octanol–water partition coefficient (Wildman–Crippen LogP) is 1.89. The van der Waals surface area contributed by atoms with Crippen LogP contribution in [-0.2, 0) is 10.0 Å². The largest absolute Gasteiger partial charge is 0.384 e. The molecule has 0 aromatic heterocycles. The third-order valence-electron chi connectivity index (χ3n) is 2.74. The van der Waals surface area contributed by atoms with Gasteiger partial charge in [0, 0.05) is 11.1 Å². The molecule has 0 heterocycles. The molecule has 0 radical (unpaired) electrons. The minimum Gasteiger partial charge on any atom is -0.384 e. The van der Waals surface area contributed by atoms with Crippen molar-refractivity contribution in [2.75, 3.05) is 6.61 Å². The van der Waals surface area contributed by atoms with Gasteiger partial charge in [-0.3, -0.25) is 0 Å². The van der Waals surface area contributed by atoms with Gasteiger partial charge in [0.25, 0.3) is 0 Å². The highest BCUT2D eigenvalue weighted by Gasteiger charge is 2.25. The van der Waals surface area contributed by atoms with Crippen LogP contribution in [0.3, 0.4) is 0 Å². The second kappa shape index (κ2) is 6.89. The fraction of sp³-hybridized carbons (Fsp3) is 0.467. The fourth-order valence-electron chi connectivity index (χ4n) is 1.98. The number of nitrogens with one attached hydrogen (secondary N) is 1. The third-order valence-corrected chi connectivity index (χ3v) is 4.44. The van der Waals surface area contributed by atoms with E-state index in [-0.39, 0.29) is 11.5 Å². The summed E-state index contributed by atoms with van der Waals surface area (Å²) in [6.07, 6.45) is 1.66. The van der Waals surface area contributed by atoms with Crippen molar-refractivity contribution >= 4 is 10.0 Å². The Kier molecular flexibility index (Phi) is 5.75. The van der Waals surface area contributed by atoms with Gasteiger partial charge >= 0.3 is 0 Å². The first-order valence-electron chi connectivity index (χ1n) is 6.54. The van der Waals surface area contributed by atoms with E-state index in [1.54, 1.807) is 12.1 Å². The van der Waals surface area contributed by atoms with Gasteiger partial charge in [-0.2, -0.15) is 0 Å². The van der Waals surface area contributed by atoms with Crippen LogP contribution in [0, 0.1) is 11.8 Å². The second-order valence-corrected chi connectivity index (χ2v) is 6.91. The van der Waals surface area contributed by atoms with E-state index in [2.05, 4.69) is 16.6 Å². The number of benzene rings is 1. The van der Waals surface area contributed by atoms with Gasteiger partial charge in [0.15, 0.2) is 0 Å². The van der Waals surface area contributed by atoms with Crippen molar-refractivity contribution in [2.24, 2.45) is 0 Å². The Morgan fingerprint density at radius 1 is 1.35 bits per heavy atom. The molecule has 5 heteroatoms. The molecule has 1 aromatic carbocycles. The zero-order valence-corrected chi connectivity index (χ0v) is 12.9. The number of aliphatic hydroxyl groups excluding tert-OH is 1. The lowest BCUT2D eigenvalue weighted by molar-refractivity contribution is 0.350. The Balaban J connectivity index is 3.04. The third kappa shape index (κ3) is 4.97. The Morgan fingerprint density at radius 2 is 2.05 bits per heavy atom. The van der Waals surface area contributed by atoms with Crippen LogP contribution >= 0.6 is 0 Å². The minimum atomic E-state index is -3.57. The van der Waals surface area contributed by atoms with E-state index in [1.807, 2.05) is 20.8 Å². The van der Waals surface area contributed by atoms with Crippen molar-refractivity contribution in [3.05, 3.63) is 29.8 Å². The van der Waals surface area contributed by atoms with Crippen LogP contribution in [0.2, 0.25) is 0 Å². The van der Waals surface area contributed by atoms with Gasteiger partial charge in [0.2, 0.25) is 10.0 Å². The average molecular weight is 295 g/mol. The number of aliphatic hydroxyl groups is 1. The number of hydrogen-bond donors (Lipinski definition) is 2. The molecule has 0 aliphatic heterocycles. The number of sulfonamides is 1. The SMILES string of the molecule is CCCC(C)(C)NS(=O)(=O)c1cccc(C#CCO)c1. The molecule has 0 saturated heterocycles. The number of hydrogen-bond acceptors (Lipinski definition) is 3. The van der Waals surface area contributed by atoms with E-state index in [0.717, 1.165) is 12.8 Å². The van der Waals surface area contributed by atoms with E-state index >= 15 is 0 Å². The first-order valence-corrected chi connectivity index (χ1v) is 8.03.